The summed E-state index contributed by atoms with van der Waals surface area (Å²) in [5.41, 5.74) is 4.61. The molecule has 1 amide bonds. The van der Waals surface area contributed by atoms with Crippen molar-refractivity contribution in [2.75, 3.05) is 6.61 Å². The van der Waals surface area contributed by atoms with Crippen LogP contribution in [0.3, 0.4) is 0 Å². The van der Waals surface area contributed by atoms with E-state index in [0.717, 1.165) is 34.4 Å². The molecule has 1 aromatic carbocycles. The van der Waals surface area contributed by atoms with Gasteiger partial charge < -0.3 is 4.74 Å². The minimum absolute atomic E-state index is 0.157. The largest absolute Gasteiger partial charge is 0.350 e. The van der Waals surface area contributed by atoms with Gasteiger partial charge in [-0.25, -0.2) is 22.7 Å². The lowest BCUT2D eigenvalue weighted by Crippen LogP contribution is -2.32. The van der Waals surface area contributed by atoms with Crippen molar-refractivity contribution >= 4 is 22.0 Å². The number of aromatic nitrogens is 3. The van der Waals surface area contributed by atoms with Gasteiger partial charge in [-0.05, 0) is 48.2 Å². The van der Waals surface area contributed by atoms with Gasteiger partial charge in [-0.2, -0.15) is 5.10 Å². The Bertz CT molecular complexity index is 1140. The second-order valence-electron chi connectivity index (χ2n) is 7.00. The predicted molar refractivity (Wildman–Crippen MR) is 113 cm³/mol. The molecule has 10 heteroatoms. The third-order valence-electron chi connectivity index (χ3n) is 4.81. The number of hydrogen-bond acceptors (Lipinski definition) is 6. The second kappa shape index (κ2) is 9.29. The lowest BCUT2D eigenvalue weighted by molar-refractivity contribution is -0.198. The molecule has 1 saturated heterocycles. The van der Waals surface area contributed by atoms with Crippen LogP contribution in [0.1, 0.15) is 24.8 Å². The molecular weight excluding hydrogens is 420 g/mol. The molecule has 2 aromatic heterocycles. The van der Waals surface area contributed by atoms with Crippen LogP contribution in [-0.2, 0) is 24.4 Å². The molecule has 162 valence electrons. The molecule has 1 aliphatic heterocycles. The molecular formula is C21H22N4O5S. The van der Waals surface area contributed by atoms with Gasteiger partial charge in [0.15, 0.2) is 6.29 Å². The third kappa shape index (κ3) is 5.10. The SMILES string of the molecule is O=C(C=Cc1ccn(S(=O)(=O)c2ccc(-c3cn[nH]c3)cc2)c1)NOC1CCCCO1. The number of hydroxylamine groups is 1. The van der Waals surface area contributed by atoms with E-state index in [2.05, 4.69) is 15.7 Å². The maximum atomic E-state index is 12.9. The van der Waals surface area contributed by atoms with E-state index in [1.807, 2.05) is 0 Å². The summed E-state index contributed by atoms with van der Waals surface area (Å²) in [5.74, 6) is -0.459. The Balaban J connectivity index is 1.39. The average Bonchev–Trinajstić information content (AvgIpc) is 3.50. The fourth-order valence-electron chi connectivity index (χ4n) is 3.12. The zero-order chi connectivity index (χ0) is 21.7. The normalized spacial score (nSPS) is 17.1. The number of H-pyrrole nitrogens is 1. The summed E-state index contributed by atoms with van der Waals surface area (Å²) in [6.45, 7) is 0.615. The molecule has 0 spiro atoms. The summed E-state index contributed by atoms with van der Waals surface area (Å²) in [7, 11) is -3.75. The summed E-state index contributed by atoms with van der Waals surface area (Å²) in [6.07, 6.45) is 11.3. The molecule has 1 aliphatic rings. The highest BCUT2D eigenvalue weighted by molar-refractivity contribution is 7.90. The lowest BCUT2D eigenvalue weighted by atomic mass is 10.1. The topological polar surface area (TPSA) is 115 Å². The van der Waals surface area contributed by atoms with Gasteiger partial charge in [-0.1, -0.05) is 12.1 Å². The summed E-state index contributed by atoms with van der Waals surface area (Å²) < 4.78 is 32.2. The van der Waals surface area contributed by atoms with E-state index in [1.165, 1.54) is 24.5 Å². The van der Waals surface area contributed by atoms with E-state index in [4.69, 9.17) is 9.57 Å². The van der Waals surface area contributed by atoms with Crippen molar-refractivity contribution in [3.63, 3.8) is 0 Å². The smallest absolute Gasteiger partial charge is 0.267 e. The fourth-order valence-corrected chi connectivity index (χ4v) is 4.33. The quantitative estimate of drug-likeness (QED) is 0.429. The first-order valence-electron chi connectivity index (χ1n) is 9.80. The van der Waals surface area contributed by atoms with Gasteiger partial charge in [-0.3, -0.25) is 9.89 Å². The molecule has 0 aliphatic carbocycles. The van der Waals surface area contributed by atoms with E-state index in [1.54, 1.807) is 42.7 Å². The van der Waals surface area contributed by atoms with Crippen LogP contribution in [0.15, 0.2) is 66.1 Å². The minimum Gasteiger partial charge on any atom is -0.350 e. The first kappa shape index (κ1) is 21.0. The van der Waals surface area contributed by atoms with Crippen LogP contribution in [0, 0.1) is 0 Å². The zero-order valence-corrected chi connectivity index (χ0v) is 17.4. The fraction of sp³-hybridized carbons (Fsp3) is 0.238. The van der Waals surface area contributed by atoms with Crippen molar-refractivity contribution in [2.24, 2.45) is 0 Å². The Kier molecular flexibility index (Phi) is 6.31. The maximum Gasteiger partial charge on any atom is 0.267 e. The van der Waals surface area contributed by atoms with Gasteiger partial charge in [0.1, 0.15) is 0 Å². The first-order valence-corrected chi connectivity index (χ1v) is 11.2. The van der Waals surface area contributed by atoms with Crippen molar-refractivity contribution in [2.45, 2.75) is 30.4 Å². The molecule has 0 saturated carbocycles. The van der Waals surface area contributed by atoms with Gasteiger partial charge in [0, 0.05) is 43.3 Å². The van der Waals surface area contributed by atoms with Crippen molar-refractivity contribution in [3.05, 3.63) is 66.8 Å². The Morgan fingerprint density at radius 1 is 1.23 bits per heavy atom. The number of carbonyl (C=O) groups excluding carboxylic acids is 1. The molecule has 3 aromatic rings. The Labute approximate surface area is 179 Å². The van der Waals surface area contributed by atoms with E-state index in [-0.39, 0.29) is 4.90 Å². The summed E-state index contributed by atoms with van der Waals surface area (Å²) in [5, 5.41) is 6.61. The monoisotopic (exact) mass is 442 g/mol. The number of amides is 1. The minimum atomic E-state index is -3.75. The summed E-state index contributed by atoms with van der Waals surface area (Å²) in [4.78, 5) is 17.3. The summed E-state index contributed by atoms with van der Waals surface area (Å²) in [6, 6.07) is 8.15. The molecule has 1 unspecified atom stereocenters. The molecule has 1 atom stereocenters. The predicted octanol–water partition coefficient (Wildman–Crippen LogP) is 2.70. The van der Waals surface area contributed by atoms with Crippen molar-refractivity contribution < 1.29 is 22.8 Å². The molecule has 31 heavy (non-hydrogen) atoms. The number of benzene rings is 1. The average molecular weight is 442 g/mol. The van der Waals surface area contributed by atoms with Crippen molar-refractivity contribution in [3.8, 4) is 11.1 Å². The van der Waals surface area contributed by atoms with Crippen LogP contribution in [0.25, 0.3) is 17.2 Å². The number of aromatic amines is 1. The molecule has 9 nitrogen and oxygen atoms in total. The van der Waals surface area contributed by atoms with Gasteiger partial charge in [0.2, 0.25) is 0 Å². The Morgan fingerprint density at radius 3 is 2.77 bits per heavy atom. The van der Waals surface area contributed by atoms with Crippen molar-refractivity contribution in [1.29, 1.82) is 0 Å². The van der Waals surface area contributed by atoms with Crippen LogP contribution >= 0.6 is 0 Å². The molecule has 1 fully saturated rings. The van der Waals surface area contributed by atoms with Crippen LogP contribution in [0.4, 0.5) is 0 Å². The highest BCUT2D eigenvalue weighted by Gasteiger charge is 2.17. The van der Waals surface area contributed by atoms with E-state index in [9.17, 15) is 13.2 Å². The number of hydrogen-bond donors (Lipinski definition) is 2. The van der Waals surface area contributed by atoms with Gasteiger partial charge >= 0.3 is 0 Å². The summed E-state index contributed by atoms with van der Waals surface area (Å²) >= 11 is 0. The first-order chi connectivity index (χ1) is 15.0. The number of nitrogens with one attached hydrogen (secondary N) is 2. The van der Waals surface area contributed by atoms with Crippen LogP contribution in [0.2, 0.25) is 0 Å². The number of nitrogens with zero attached hydrogens (tertiary/aromatic N) is 2. The maximum absolute atomic E-state index is 12.9. The third-order valence-corrected chi connectivity index (χ3v) is 6.46. The molecule has 0 radical (unpaired) electrons. The molecule has 3 heterocycles. The van der Waals surface area contributed by atoms with Crippen LogP contribution in [0.5, 0.6) is 0 Å². The number of rotatable bonds is 7. The zero-order valence-electron chi connectivity index (χ0n) is 16.6. The standard InChI is InChI=1S/C21H22N4O5S/c26-20(24-30-21-3-1-2-12-29-21)9-4-16-10-11-25(15-16)31(27,28)19-7-5-17(6-8-19)18-13-22-23-14-18/h4-11,13-15,21H,1-3,12H2,(H,22,23)(H,24,26). The number of carbonyl (C=O) groups is 1. The van der Waals surface area contributed by atoms with E-state index >= 15 is 0 Å². The highest BCUT2D eigenvalue weighted by atomic mass is 32.2. The van der Waals surface area contributed by atoms with E-state index < -0.39 is 22.2 Å². The van der Waals surface area contributed by atoms with Crippen LogP contribution in [-0.4, -0.2) is 41.4 Å². The van der Waals surface area contributed by atoms with Gasteiger partial charge in [0.05, 0.1) is 11.1 Å². The Hall–Kier alpha value is -3.21. The van der Waals surface area contributed by atoms with Gasteiger partial charge in [0.25, 0.3) is 15.9 Å². The number of ether oxygens (including phenoxy) is 1. The lowest BCUT2D eigenvalue weighted by Gasteiger charge is -2.21. The highest BCUT2D eigenvalue weighted by Crippen LogP contribution is 2.22. The Morgan fingerprint density at radius 2 is 2.06 bits per heavy atom. The molecule has 2 N–H and O–H groups in total. The second-order valence-corrected chi connectivity index (χ2v) is 8.85. The van der Waals surface area contributed by atoms with Gasteiger partial charge in [-0.15, -0.1) is 0 Å². The molecule has 0 bridgehead atoms. The van der Waals surface area contributed by atoms with Crippen LogP contribution < -0.4 is 5.48 Å². The van der Waals surface area contributed by atoms with Crippen molar-refractivity contribution in [1.82, 2.24) is 19.6 Å². The van der Waals surface area contributed by atoms with E-state index in [0.29, 0.717) is 12.2 Å². The molecule has 4 rings (SSSR count).